The smallest absolute Gasteiger partial charge is 0.130 e. The number of benzene rings is 1. The van der Waals surface area contributed by atoms with Crippen molar-refractivity contribution >= 4 is 0 Å². The van der Waals surface area contributed by atoms with Gasteiger partial charge in [0.05, 0.1) is 31.5 Å². The van der Waals surface area contributed by atoms with Crippen LogP contribution < -0.4 is 5.73 Å². The second-order valence-electron chi connectivity index (χ2n) is 6.73. The maximum absolute atomic E-state index is 14.3. The van der Waals surface area contributed by atoms with Crippen molar-refractivity contribution in [3.8, 4) is 0 Å². The standard InChI is InChI=1S/C21H27F2NO3/c1-3-18(22)10-20(23)15(2)21(24)14-27-19(9-17(21)11-25)13-26-12-16-7-5-4-6-8-16/h3-8,10,17,19,25H,2,9,11-14,24H2,1H3/b18-3+,20-10+/t17-,19+,21+/m0/s1. The van der Waals surface area contributed by atoms with Crippen LogP contribution in [0.5, 0.6) is 0 Å². The molecule has 0 bridgehead atoms. The summed E-state index contributed by atoms with van der Waals surface area (Å²) >= 11 is 0. The Hall–Kier alpha value is -1.86. The molecular formula is C21H27F2NO3. The molecule has 0 aromatic heterocycles. The topological polar surface area (TPSA) is 64.7 Å². The van der Waals surface area contributed by atoms with Crippen LogP contribution in [0.4, 0.5) is 8.78 Å². The molecule has 148 valence electrons. The molecule has 1 aromatic rings. The molecule has 27 heavy (non-hydrogen) atoms. The van der Waals surface area contributed by atoms with Gasteiger partial charge in [-0.3, -0.25) is 0 Å². The normalized spacial score (nSPS) is 26.9. The van der Waals surface area contributed by atoms with Crippen LogP contribution in [0.25, 0.3) is 0 Å². The number of rotatable bonds is 8. The van der Waals surface area contributed by atoms with Crippen molar-refractivity contribution in [3.63, 3.8) is 0 Å². The van der Waals surface area contributed by atoms with Gasteiger partial charge in [-0.1, -0.05) is 43.0 Å². The third-order valence-electron chi connectivity index (χ3n) is 4.86. The van der Waals surface area contributed by atoms with Gasteiger partial charge >= 0.3 is 0 Å². The Kier molecular flexibility index (Phi) is 7.86. The Morgan fingerprint density at radius 2 is 2.11 bits per heavy atom. The largest absolute Gasteiger partial charge is 0.396 e. The Morgan fingerprint density at radius 3 is 2.74 bits per heavy atom. The lowest BCUT2D eigenvalue weighted by Crippen LogP contribution is -2.59. The number of ether oxygens (including phenoxy) is 2. The summed E-state index contributed by atoms with van der Waals surface area (Å²) in [5.41, 5.74) is 5.97. The van der Waals surface area contributed by atoms with E-state index in [0.29, 0.717) is 19.6 Å². The van der Waals surface area contributed by atoms with Crippen LogP contribution in [0.3, 0.4) is 0 Å². The summed E-state index contributed by atoms with van der Waals surface area (Å²) in [5, 5.41) is 9.76. The molecule has 1 fully saturated rings. The molecule has 0 radical (unpaired) electrons. The van der Waals surface area contributed by atoms with Crippen LogP contribution in [0.1, 0.15) is 18.9 Å². The van der Waals surface area contributed by atoms with Crippen molar-refractivity contribution in [2.24, 2.45) is 11.7 Å². The van der Waals surface area contributed by atoms with Crippen LogP contribution in [0.2, 0.25) is 0 Å². The van der Waals surface area contributed by atoms with Crippen molar-refractivity contribution < 1.29 is 23.4 Å². The molecule has 0 saturated carbocycles. The summed E-state index contributed by atoms with van der Waals surface area (Å²) in [6, 6.07) is 9.73. The van der Waals surface area contributed by atoms with E-state index in [0.717, 1.165) is 17.7 Å². The van der Waals surface area contributed by atoms with Crippen molar-refractivity contribution in [1.82, 2.24) is 0 Å². The molecule has 1 heterocycles. The fraction of sp³-hybridized carbons (Fsp3) is 0.429. The highest BCUT2D eigenvalue weighted by Gasteiger charge is 2.44. The van der Waals surface area contributed by atoms with E-state index >= 15 is 0 Å². The van der Waals surface area contributed by atoms with E-state index in [9.17, 15) is 13.9 Å². The van der Waals surface area contributed by atoms with Crippen LogP contribution >= 0.6 is 0 Å². The first kappa shape index (κ1) is 21.4. The number of nitrogens with two attached hydrogens (primary N) is 1. The van der Waals surface area contributed by atoms with E-state index in [1.165, 1.54) is 6.92 Å². The van der Waals surface area contributed by atoms with Gasteiger partial charge in [0.2, 0.25) is 0 Å². The van der Waals surface area contributed by atoms with E-state index in [-0.39, 0.29) is 24.9 Å². The molecule has 1 saturated heterocycles. The molecular weight excluding hydrogens is 352 g/mol. The lowest BCUT2D eigenvalue weighted by Gasteiger charge is -2.44. The van der Waals surface area contributed by atoms with Crippen LogP contribution in [-0.2, 0) is 16.1 Å². The zero-order valence-corrected chi connectivity index (χ0v) is 15.5. The molecule has 3 N–H and O–H groups in total. The minimum Gasteiger partial charge on any atom is -0.396 e. The molecule has 0 aliphatic carbocycles. The molecule has 2 rings (SSSR count). The fourth-order valence-corrected chi connectivity index (χ4v) is 3.05. The lowest BCUT2D eigenvalue weighted by molar-refractivity contribution is -0.0941. The van der Waals surface area contributed by atoms with E-state index < -0.39 is 23.1 Å². The molecule has 3 atom stereocenters. The van der Waals surface area contributed by atoms with E-state index in [1.807, 2.05) is 30.3 Å². The molecule has 0 spiro atoms. The van der Waals surface area contributed by atoms with Crippen LogP contribution in [0, 0.1) is 5.92 Å². The highest BCUT2D eigenvalue weighted by Crippen LogP contribution is 2.36. The molecule has 6 heteroatoms. The lowest BCUT2D eigenvalue weighted by atomic mass is 9.75. The number of hydrogen-bond donors (Lipinski definition) is 2. The SMILES string of the molecule is C=C(/C(F)=C\C(F)=C/C)[C@]1(N)CO[C@@H](COCc2ccccc2)C[C@H]1CO. The molecule has 1 aliphatic heterocycles. The Morgan fingerprint density at radius 1 is 1.41 bits per heavy atom. The van der Waals surface area contributed by atoms with Gasteiger partial charge in [0.15, 0.2) is 0 Å². The van der Waals surface area contributed by atoms with Gasteiger partial charge in [-0.15, -0.1) is 0 Å². The predicted molar refractivity (Wildman–Crippen MR) is 101 cm³/mol. The Bertz CT molecular complexity index is 690. The molecule has 0 amide bonds. The first-order valence-corrected chi connectivity index (χ1v) is 8.92. The van der Waals surface area contributed by atoms with Crippen LogP contribution in [-0.4, -0.2) is 36.6 Å². The van der Waals surface area contributed by atoms with Gasteiger partial charge < -0.3 is 20.3 Å². The zero-order valence-electron chi connectivity index (χ0n) is 15.5. The molecule has 1 aromatic carbocycles. The summed E-state index contributed by atoms with van der Waals surface area (Å²) in [6.07, 6.45) is 1.99. The minimum absolute atomic E-state index is 0.0326. The van der Waals surface area contributed by atoms with Crippen molar-refractivity contribution in [2.75, 3.05) is 19.8 Å². The zero-order chi connectivity index (χ0) is 19.9. The second kappa shape index (κ2) is 9.90. The first-order valence-electron chi connectivity index (χ1n) is 8.92. The number of hydrogen-bond acceptors (Lipinski definition) is 4. The highest BCUT2D eigenvalue weighted by atomic mass is 19.1. The third kappa shape index (κ3) is 5.56. The third-order valence-corrected chi connectivity index (χ3v) is 4.86. The summed E-state index contributed by atoms with van der Waals surface area (Å²) in [6.45, 7) is 5.63. The summed E-state index contributed by atoms with van der Waals surface area (Å²) in [5.74, 6) is -2.05. The Labute approximate surface area is 159 Å². The van der Waals surface area contributed by atoms with E-state index in [4.69, 9.17) is 15.2 Å². The average molecular weight is 379 g/mol. The van der Waals surface area contributed by atoms with Crippen molar-refractivity contribution in [3.05, 3.63) is 71.9 Å². The van der Waals surface area contributed by atoms with Gasteiger partial charge in [0.25, 0.3) is 0 Å². The van der Waals surface area contributed by atoms with Crippen molar-refractivity contribution in [1.29, 1.82) is 0 Å². The number of allylic oxidation sites excluding steroid dienone is 3. The van der Waals surface area contributed by atoms with E-state index in [1.54, 1.807) is 0 Å². The number of halogens is 2. The summed E-state index contributed by atoms with van der Waals surface area (Å²) in [4.78, 5) is 0. The fourth-order valence-electron chi connectivity index (χ4n) is 3.05. The van der Waals surface area contributed by atoms with Gasteiger partial charge in [0, 0.05) is 24.2 Å². The summed E-state index contributed by atoms with van der Waals surface area (Å²) < 4.78 is 39.0. The van der Waals surface area contributed by atoms with E-state index in [2.05, 4.69) is 6.58 Å². The maximum Gasteiger partial charge on any atom is 0.130 e. The van der Waals surface area contributed by atoms with Gasteiger partial charge in [0.1, 0.15) is 11.7 Å². The maximum atomic E-state index is 14.3. The highest BCUT2D eigenvalue weighted by molar-refractivity contribution is 5.38. The molecule has 0 unspecified atom stereocenters. The predicted octanol–water partition coefficient (Wildman–Crippen LogP) is 3.58. The number of aliphatic hydroxyl groups is 1. The second-order valence-corrected chi connectivity index (χ2v) is 6.73. The minimum atomic E-state index is -1.31. The number of aliphatic hydroxyl groups excluding tert-OH is 1. The van der Waals surface area contributed by atoms with Crippen LogP contribution in [0.15, 0.2) is 66.3 Å². The van der Waals surface area contributed by atoms with Gasteiger partial charge in [-0.2, -0.15) is 0 Å². The Balaban J connectivity index is 1.96. The molecule has 4 nitrogen and oxygen atoms in total. The first-order chi connectivity index (χ1) is 12.9. The summed E-state index contributed by atoms with van der Waals surface area (Å²) in [7, 11) is 0. The van der Waals surface area contributed by atoms with Gasteiger partial charge in [-0.25, -0.2) is 8.78 Å². The van der Waals surface area contributed by atoms with Crippen molar-refractivity contribution in [2.45, 2.75) is 31.6 Å². The molecule has 1 aliphatic rings. The quantitative estimate of drug-likeness (QED) is 0.678. The average Bonchev–Trinajstić information content (AvgIpc) is 2.69. The monoisotopic (exact) mass is 379 g/mol. The van der Waals surface area contributed by atoms with Gasteiger partial charge in [-0.05, 0) is 18.9 Å².